The van der Waals surface area contributed by atoms with Crippen LogP contribution in [0.3, 0.4) is 0 Å². The van der Waals surface area contributed by atoms with Gasteiger partial charge in [-0.25, -0.2) is 4.79 Å². The molecule has 2 aliphatic heterocycles. The molecule has 0 aliphatic carbocycles. The predicted molar refractivity (Wildman–Crippen MR) is 105 cm³/mol. The van der Waals surface area contributed by atoms with E-state index in [4.69, 9.17) is 14.6 Å². The molecule has 0 bridgehead atoms. The zero-order valence-electron chi connectivity index (χ0n) is 16.1. The van der Waals surface area contributed by atoms with Crippen LogP contribution in [0.4, 0.5) is 4.79 Å². The number of nitrogens with one attached hydrogen (secondary N) is 3. The molecule has 10 heteroatoms. The average molecular weight is 418 g/mol. The number of rotatable bonds is 14. The molecule has 0 aromatic heterocycles. The first-order valence-electron chi connectivity index (χ1n) is 9.89. The van der Waals surface area contributed by atoms with Gasteiger partial charge in [-0.2, -0.15) is 11.8 Å². The Hall–Kier alpha value is -1.52. The van der Waals surface area contributed by atoms with Gasteiger partial charge in [0.25, 0.3) is 0 Å². The molecule has 2 fully saturated rings. The van der Waals surface area contributed by atoms with Crippen LogP contribution in [0.5, 0.6) is 0 Å². The molecule has 4 N–H and O–H groups in total. The van der Waals surface area contributed by atoms with E-state index >= 15 is 0 Å². The Morgan fingerprint density at radius 2 is 2.00 bits per heavy atom. The van der Waals surface area contributed by atoms with Gasteiger partial charge in [-0.3, -0.25) is 9.59 Å². The molecule has 0 spiro atoms. The van der Waals surface area contributed by atoms with E-state index in [9.17, 15) is 14.4 Å². The monoisotopic (exact) mass is 417 g/mol. The van der Waals surface area contributed by atoms with Gasteiger partial charge in [0.15, 0.2) is 0 Å². The fourth-order valence-electron chi connectivity index (χ4n) is 3.21. The van der Waals surface area contributed by atoms with Crippen molar-refractivity contribution in [1.82, 2.24) is 16.0 Å². The number of aliphatic hydroxyl groups is 1. The number of thioether (sulfide) groups is 1. The normalized spacial score (nSPS) is 23.0. The minimum absolute atomic E-state index is 0.0285. The molecular formula is C18H31N3O6S. The number of esters is 1. The fraction of sp³-hybridized carbons (Fsp3) is 0.833. The molecule has 3 amide bonds. The smallest absolute Gasteiger partial charge is 0.315 e. The molecule has 160 valence electrons. The number of carbonyl (C=O) groups is 3. The lowest BCUT2D eigenvalue weighted by Gasteiger charge is -2.16. The molecule has 28 heavy (non-hydrogen) atoms. The summed E-state index contributed by atoms with van der Waals surface area (Å²) in [5.74, 6) is 0.603. The quantitative estimate of drug-likeness (QED) is 0.180. The first-order chi connectivity index (χ1) is 13.6. The van der Waals surface area contributed by atoms with Crippen LogP contribution in [-0.4, -0.2) is 79.1 Å². The lowest BCUT2D eigenvalue weighted by molar-refractivity contribution is -0.145. The summed E-state index contributed by atoms with van der Waals surface area (Å²) in [5, 5.41) is 17.5. The molecule has 2 heterocycles. The lowest BCUT2D eigenvalue weighted by atomic mass is 10.0. The highest BCUT2D eigenvalue weighted by Crippen LogP contribution is 2.32. The van der Waals surface area contributed by atoms with E-state index in [0.717, 1.165) is 25.0 Å². The maximum Gasteiger partial charge on any atom is 0.315 e. The van der Waals surface area contributed by atoms with E-state index in [-0.39, 0.29) is 48.5 Å². The van der Waals surface area contributed by atoms with Crippen LogP contribution >= 0.6 is 11.8 Å². The molecular weight excluding hydrogens is 386 g/mol. The lowest BCUT2D eigenvalue weighted by Crippen LogP contribution is -2.37. The van der Waals surface area contributed by atoms with Gasteiger partial charge in [0.2, 0.25) is 5.91 Å². The molecule has 0 saturated carbocycles. The number of hydrogen-bond acceptors (Lipinski definition) is 7. The van der Waals surface area contributed by atoms with Crippen LogP contribution < -0.4 is 16.0 Å². The zero-order chi connectivity index (χ0) is 20.2. The third kappa shape index (κ3) is 8.24. The summed E-state index contributed by atoms with van der Waals surface area (Å²) >= 11 is 1.79. The number of unbranched alkanes of at least 4 members (excludes halogenated alkanes) is 2. The summed E-state index contributed by atoms with van der Waals surface area (Å²) in [6, 6.07) is 0.175. The van der Waals surface area contributed by atoms with Crippen LogP contribution in [0.1, 0.15) is 38.5 Å². The minimum atomic E-state index is -0.254. The van der Waals surface area contributed by atoms with E-state index in [1.54, 1.807) is 11.8 Å². The van der Waals surface area contributed by atoms with Crippen molar-refractivity contribution >= 4 is 29.7 Å². The second-order valence-corrected chi connectivity index (χ2v) is 8.15. The maximum atomic E-state index is 11.9. The van der Waals surface area contributed by atoms with Crippen LogP contribution in [0.2, 0.25) is 0 Å². The molecule has 0 aromatic carbocycles. The van der Waals surface area contributed by atoms with E-state index < -0.39 is 0 Å². The zero-order valence-corrected chi connectivity index (χ0v) is 16.9. The highest BCUT2D eigenvalue weighted by atomic mass is 32.2. The Labute approximate surface area is 169 Å². The SMILES string of the molecule is O=C(CCC1SC[C@@H]2NC(=O)N[C@H]12)NCCOCCOC(=O)CCCCCO. The summed E-state index contributed by atoms with van der Waals surface area (Å²) in [6.45, 7) is 1.43. The van der Waals surface area contributed by atoms with Gasteiger partial charge in [-0.1, -0.05) is 6.42 Å². The highest BCUT2D eigenvalue weighted by Gasteiger charge is 2.42. The summed E-state index contributed by atoms with van der Waals surface area (Å²) in [7, 11) is 0. The predicted octanol–water partition coefficient (Wildman–Crippen LogP) is 0.161. The van der Waals surface area contributed by atoms with Crippen molar-refractivity contribution in [3.63, 3.8) is 0 Å². The molecule has 2 aliphatic rings. The van der Waals surface area contributed by atoms with Gasteiger partial charge in [-0.05, 0) is 19.3 Å². The van der Waals surface area contributed by atoms with Crippen molar-refractivity contribution < 1.29 is 29.0 Å². The molecule has 2 rings (SSSR count). The Morgan fingerprint density at radius 3 is 2.82 bits per heavy atom. The number of fused-ring (bicyclic) bond motifs is 1. The van der Waals surface area contributed by atoms with Crippen molar-refractivity contribution in [2.45, 2.75) is 55.9 Å². The number of carbonyl (C=O) groups excluding carboxylic acids is 3. The van der Waals surface area contributed by atoms with Gasteiger partial charge in [0.1, 0.15) is 6.61 Å². The molecule has 3 atom stereocenters. The summed E-state index contributed by atoms with van der Waals surface area (Å²) in [4.78, 5) is 34.7. The minimum Gasteiger partial charge on any atom is -0.463 e. The van der Waals surface area contributed by atoms with Crippen LogP contribution in [0.25, 0.3) is 0 Å². The summed E-state index contributed by atoms with van der Waals surface area (Å²) in [6.07, 6.45) is 3.75. The number of ether oxygens (including phenoxy) is 2. The molecule has 0 radical (unpaired) electrons. The van der Waals surface area contributed by atoms with Crippen LogP contribution in [0.15, 0.2) is 0 Å². The number of amides is 3. The van der Waals surface area contributed by atoms with Crippen LogP contribution in [-0.2, 0) is 19.1 Å². The first-order valence-corrected chi connectivity index (χ1v) is 10.9. The Morgan fingerprint density at radius 1 is 1.14 bits per heavy atom. The van der Waals surface area contributed by atoms with Gasteiger partial charge >= 0.3 is 12.0 Å². The maximum absolute atomic E-state index is 11.9. The number of aliphatic hydroxyl groups excluding tert-OH is 1. The second-order valence-electron chi connectivity index (χ2n) is 6.88. The molecule has 9 nitrogen and oxygen atoms in total. The fourth-order valence-corrected chi connectivity index (χ4v) is 4.71. The highest BCUT2D eigenvalue weighted by molar-refractivity contribution is 8.00. The third-order valence-electron chi connectivity index (χ3n) is 4.69. The molecule has 1 unspecified atom stereocenters. The number of hydrogen-bond donors (Lipinski definition) is 4. The first kappa shape index (κ1) is 22.8. The van der Waals surface area contributed by atoms with Crippen molar-refractivity contribution in [1.29, 1.82) is 0 Å². The van der Waals surface area contributed by atoms with Crippen molar-refractivity contribution in [2.75, 3.05) is 38.7 Å². The van der Waals surface area contributed by atoms with E-state index in [1.807, 2.05) is 0 Å². The van der Waals surface area contributed by atoms with E-state index in [1.165, 1.54) is 0 Å². The standard InChI is InChI=1S/C18H31N3O6S/c22-8-3-1-2-4-16(24)27-11-10-26-9-7-19-15(23)6-5-14-17-13(12-28-14)20-18(25)21-17/h13-14,17,22H,1-12H2,(H,19,23)(H2,20,21,25)/t13-,14?,17-/m0/s1. The largest absolute Gasteiger partial charge is 0.463 e. The van der Waals surface area contributed by atoms with Crippen LogP contribution in [0, 0.1) is 0 Å². The Kier molecular flexibility index (Phi) is 10.4. The van der Waals surface area contributed by atoms with Crippen molar-refractivity contribution in [3.8, 4) is 0 Å². The van der Waals surface area contributed by atoms with Crippen molar-refractivity contribution in [2.24, 2.45) is 0 Å². The number of urea groups is 1. The molecule has 0 aromatic rings. The van der Waals surface area contributed by atoms with Gasteiger partial charge in [0.05, 0.1) is 25.3 Å². The van der Waals surface area contributed by atoms with Gasteiger partial charge in [-0.15, -0.1) is 0 Å². The topological polar surface area (TPSA) is 126 Å². The van der Waals surface area contributed by atoms with Crippen molar-refractivity contribution in [3.05, 3.63) is 0 Å². The Balaban J connectivity index is 1.40. The molecule has 2 saturated heterocycles. The summed E-state index contributed by atoms with van der Waals surface area (Å²) in [5.41, 5.74) is 0. The van der Waals surface area contributed by atoms with E-state index in [2.05, 4.69) is 16.0 Å². The van der Waals surface area contributed by atoms with E-state index in [0.29, 0.717) is 39.0 Å². The summed E-state index contributed by atoms with van der Waals surface area (Å²) < 4.78 is 10.4. The third-order valence-corrected chi connectivity index (χ3v) is 6.20. The van der Waals surface area contributed by atoms with Gasteiger partial charge < -0.3 is 30.5 Å². The van der Waals surface area contributed by atoms with Gasteiger partial charge in [0, 0.05) is 37.0 Å². The second kappa shape index (κ2) is 12.8. The average Bonchev–Trinajstić information content (AvgIpc) is 3.22. The Bertz CT molecular complexity index is 522.